The Morgan fingerprint density at radius 1 is 0.929 bits per heavy atom. The van der Waals surface area contributed by atoms with Gasteiger partial charge in [0, 0.05) is 37.5 Å². The molecule has 0 radical (unpaired) electrons. The van der Waals surface area contributed by atoms with Gasteiger partial charge in [0.15, 0.2) is 0 Å². The first-order chi connectivity index (χ1) is 13.6. The number of ether oxygens (including phenoxy) is 1. The van der Waals surface area contributed by atoms with E-state index in [0.29, 0.717) is 43.1 Å². The van der Waals surface area contributed by atoms with Crippen molar-refractivity contribution in [3.05, 3.63) is 65.2 Å². The molecule has 0 N–H and O–H groups in total. The molecule has 1 heterocycles. The Hall–Kier alpha value is -2.47. The van der Waals surface area contributed by atoms with Gasteiger partial charge < -0.3 is 14.5 Å². The van der Waals surface area contributed by atoms with Gasteiger partial charge in [-0.1, -0.05) is 24.3 Å². The van der Waals surface area contributed by atoms with E-state index in [4.69, 9.17) is 4.74 Å². The predicted molar refractivity (Wildman–Crippen MR) is 113 cm³/mol. The van der Waals surface area contributed by atoms with Crippen molar-refractivity contribution in [1.29, 1.82) is 0 Å². The van der Waals surface area contributed by atoms with Crippen LogP contribution in [0.2, 0.25) is 0 Å². The van der Waals surface area contributed by atoms with Crippen molar-refractivity contribution in [3.8, 4) is 5.75 Å². The fourth-order valence-corrected chi connectivity index (χ4v) is 3.93. The minimum absolute atomic E-state index is 0.0299. The van der Waals surface area contributed by atoms with Crippen LogP contribution in [-0.4, -0.2) is 61.2 Å². The van der Waals surface area contributed by atoms with Crippen LogP contribution in [0.4, 0.5) is 0 Å². The first kappa shape index (κ1) is 20.3. The molecule has 1 aliphatic rings. The highest BCUT2D eigenvalue weighted by molar-refractivity contribution is 7.97. The summed E-state index contributed by atoms with van der Waals surface area (Å²) in [6, 6.07) is 15.1. The van der Waals surface area contributed by atoms with Crippen molar-refractivity contribution in [3.63, 3.8) is 0 Å². The van der Waals surface area contributed by atoms with E-state index in [2.05, 4.69) is 6.26 Å². The number of benzene rings is 2. The maximum atomic E-state index is 12.9. The molecule has 2 amide bonds. The average Bonchev–Trinajstić information content (AvgIpc) is 3.00. The predicted octanol–water partition coefficient (Wildman–Crippen LogP) is 3.55. The van der Waals surface area contributed by atoms with Crippen LogP contribution in [0.5, 0.6) is 5.75 Å². The van der Waals surface area contributed by atoms with Crippen molar-refractivity contribution >= 4 is 23.6 Å². The normalized spacial score (nSPS) is 14.5. The zero-order chi connectivity index (χ0) is 19.9. The molecular formula is C22H26N2O3S. The summed E-state index contributed by atoms with van der Waals surface area (Å²) in [5.41, 5.74) is 2.48. The molecule has 1 fully saturated rings. The summed E-state index contributed by atoms with van der Waals surface area (Å²) in [5.74, 6) is 1.50. The molecule has 0 saturated carbocycles. The molecule has 28 heavy (non-hydrogen) atoms. The first-order valence-corrected chi connectivity index (χ1v) is 10.8. The fraction of sp³-hybridized carbons (Fsp3) is 0.364. The van der Waals surface area contributed by atoms with Crippen LogP contribution >= 0.6 is 11.8 Å². The molecule has 3 rings (SSSR count). The summed E-state index contributed by atoms with van der Waals surface area (Å²) in [5, 5.41) is 0. The van der Waals surface area contributed by atoms with Crippen LogP contribution in [0.15, 0.2) is 48.5 Å². The molecule has 2 aromatic rings. The van der Waals surface area contributed by atoms with Crippen LogP contribution in [0, 0.1) is 0 Å². The molecule has 0 spiro atoms. The number of para-hydroxylation sites is 1. The third kappa shape index (κ3) is 4.68. The highest BCUT2D eigenvalue weighted by Crippen LogP contribution is 2.20. The Kier molecular flexibility index (Phi) is 6.98. The van der Waals surface area contributed by atoms with Crippen LogP contribution in [0.3, 0.4) is 0 Å². The van der Waals surface area contributed by atoms with E-state index in [9.17, 15) is 9.59 Å². The lowest BCUT2D eigenvalue weighted by molar-refractivity contribution is 0.0717. The number of nitrogens with zero attached hydrogens (tertiary/aromatic N) is 2. The summed E-state index contributed by atoms with van der Waals surface area (Å²) in [6.07, 6.45) is 2.82. The maximum absolute atomic E-state index is 12.9. The third-order valence-electron chi connectivity index (χ3n) is 4.92. The lowest BCUT2D eigenvalue weighted by Crippen LogP contribution is -2.37. The van der Waals surface area contributed by atoms with Crippen molar-refractivity contribution in [2.24, 2.45) is 0 Å². The molecule has 0 aliphatic carbocycles. The van der Waals surface area contributed by atoms with Crippen LogP contribution in [-0.2, 0) is 5.75 Å². The van der Waals surface area contributed by atoms with Gasteiger partial charge in [-0.15, -0.1) is 0 Å². The van der Waals surface area contributed by atoms with Gasteiger partial charge in [-0.25, -0.2) is 0 Å². The Morgan fingerprint density at radius 2 is 1.57 bits per heavy atom. The molecule has 0 bridgehead atoms. The van der Waals surface area contributed by atoms with Gasteiger partial charge in [-0.2, -0.15) is 11.8 Å². The second-order valence-corrected chi connectivity index (χ2v) is 7.63. The molecule has 0 atom stereocenters. The van der Waals surface area contributed by atoms with Crippen molar-refractivity contribution in [1.82, 2.24) is 9.80 Å². The Balaban J connectivity index is 1.65. The highest BCUT2D eigenvalue weighted by Gasteiger charge is 2.25. The van der Waals surface area contributed by atoms with Crippen molar-refractivity contribution in [2.45, 2.75) is 12.2 Å². The van der Waals surface area contributed by atoms with Gasteiger partial charge in [0.05, 0.1) is 12.7 Å². The summed E-state index contributed by atoms with van der Waals surface area (Å²) >= 11 is 1.76. The summed E-state index contributed by atoms with van der Waals surface area (Å²) < 4.78 is 5.32. The Bertz CT molecular complexity index is 823. The molecule has 0 unspecified atom stereocenters. The number of hydrogen-bond donors (Lipinski definition) is 0. The van der Waals surface area contributed by atoms with E-state index in [1.54, 1.807) is 31.0 Å². The second-order valence-electron chi connectivity index (χ2n) is 6.77. The molecule has 148 valence electrons. The minimum Gasteiger partial charge on any atom is -0.496 e. The smallest absolute Gasteiger partial charge is 0.257 e. The zero-order valence-electron chi connectivity index (χ0n) is 16.4. The molecule has 5 nitrogen and oxygen atoms in total. The number of carbonyl (C=O) groups is 2. The largest absolute Gasteiger partial charge is 0.496 e. The van der Waals surface area contributed by atoms with E-state index in [-0.39, 0.29) is 11.8 Å². The standard InChI is InChI=1S/C22H26N2O3S/c1-27-20-7-4-3-6-19(20)22(26)24-13-5-12-23(14-15-24)21(25)18-10-8-17(9-11-18)16-28-2/h3-4,6-11H,5,12-16H2,1-2H3. The van der Waals surface area contributed by atoms with E-state index >= 15 is 0 Å². The highest BCUT2D eigenvalue weighted by atomic mass is 32.2. The SMILES string of the molecule is COc1ccccc1C(=O)N1CCCN(C(=O)c2ccc(CSC)cc2)CC1. The number of hydrogen-bond acceptors (Lipinski definition) is 4. The number of amides is 2. The maximum Gasteiger partial charge on any atom is 0.257 e. The van der Waals surface area contributed by atoms with E-state index in [1.807, 2.05) is 46.2 Å². The topological polar surface area (TPSA) is 49.9 Å². The van der Waals surface area contributed by atoms with Gasteiger partial charge in [0.1, 0.15) is 5.75 Å². The summed E-state index contributed by atoms with van der Waals surface area (Å²) in [6.45, 7) is 2.34. The Morgan fingerprint density at radius 3 is 2.21 bits per heavy atom. The van der Waals surface area contributed by atoms with E-state index < -0.39 is 0 Å². The molecule has 2 aromatic carbocycles. The van der Waals surface area contributed by atoms with Gasteiger partial charge in [-0.3, -0.25) is 9.59 Å². The molecule has 1 saturated heterocycles. The van der Waals surface area contributed by atoms with Crippen molar-refractivity contribution < 1.29 is 14.3 Å². The van der Waals surface area contributed by atoms with E-state index in [0.717, 1.165) is 12.2 Å². The summed E-state index contributed by atoms with van der Waals surface area (Å²) in [4.78, 5) is 29.4. The van der Waals surface area contributed by atoms with E-state index in [1.165, 1.54) is 5.56 Å². The lowest BCUT2D eigenvalue weighted by atomic mass is 10.1. The van der Waals surface area contributed by atoms with Gasteiger partial charge in [-0.05, 0) is 42.5 Å². The van der Waals surface area contributed by atoms with Crippen molar-refractivity contribution in [2.75, 3.05) is 39.5 Å². The Labute approximate surface area is 170 Å². The molecule has 6 heteroatoms. The zero-order valence-corrected chi connectivity index (χ0v) is 17.2. The fourth-order valence-electron chi connectivity index (χ4n) is 3.41. The number of rotatable bonds is 5. The first-order valence-electron chi connectivity index (χ1n) is 9.43. The lowest BCUT2D eigenvalue weighted by Gasteiger charge is -2.23. The van der Waals surface area contributed by atoms with Crippen LogP contribution < -0.4 is 4.74 Å². The van der Waals surface area contributed by atoms with Gasteiger partial charge in [0.25, 0.3) is 11.8 Å². The molecule has 0 aromatic heterocycles. The number of methoxy groups -OCH3 is 1. The molecule has 1 aliphatic heterocycles. The monoisotopic (exact) mass is 398 g/mol. The summed E-state index contributed by atoms with van der Waals surface area (Å²) in [7, 11) is 1.57. The third-order valence-corrected chi connectivity index (χ3v) is 5.54. The van der Waals surface area contributed by atoms with Crippen LogP contribution in [0.1, 0.15) is 32.7 Å². The average molecular weight is 399 g/mol. The number of thioether (sulfide) groups is 1. The van der Waals surface area contributed by atoms with Gasteiger partial charge >= 0.3 is 0 Å². The van der Waals surface area contributed by atoms with Crippen LogP contribution in [0.25, 0.3) is 0 Å². The van der Waals surface area contributed by atoms with Gasteiger partial charge in [0.2, 0.25) is 0 Å². The quantitative estimate of drug-likeness (QED) is 0.773. The second kappa shape index (κ2) is 9.64. The minimum atomic E-state index is -0.0480. The number of carbonyl (C=O) groups excluding carboxylic acids is 2. The molecular weight excluding hydrogens is 372 g/mol.